The lowest BCUT2D eigenvalue weighted by Crippen LogP contribution is -2.49. The van der Waals surface area contributed by atoms with Gasteiger partial charge in [-0.2, -0.15) is 0 Å². The van der Waals surface area contributed by atoms with Gasteiger partial charge in [0.05, 0.1) is 0 Å². The fourth-order valence-corrected chi connectivity index (χ4v) is 4.00. The summed E-state index contributed by atoms with van der Waals surface area (Å²) in [5.41, 5.74) is 1.45. The van der Waals surface area contributed by atoms with E-state index in [0.717, 1.165) is 25.9 Å². The van der Waals surface area contributed by atoms with Crippen molar-refractivity contribution >= 4 is 35.6 Å². The van der Waals surface area contributed by atoms with Gasteiger partial charge in [-0.25, -0.2) is 8.78 Å². The van der Waals surface area contributed by atoms with Gasteiger partial charge in [-0.05, 0) is 43.5 Å². The Hall–Kier alpha value is -1.90. The molecule has 0 aromatic heterocycles. The van der Waals surface area contributed by atoms with Gasteiger partial charge >= 0.3 is 0 Å². The van der Waals surface area contributed by atoms with Crippen LogP contribution >= 0.6 is 24.0 Å². The standard InChI is InChI=1S/C22H26F2N4.HI/c1-25-22(27-20-14-17(20)21-18(23)8-5-9-19(21)24)26-15-10-12-28(13-11-15)16-6-3-2-4-7-16;/h2-9,15,17,20H,10-14H2,1H3,(H2,25,26,27);1H. The molecule has 1 saturated heterocycles. The Labute approximate surface area is 187 Å². The first-order chi connectivity index (χ1) is 13.7. The summed E-state index contributed by atoms with van der Waals surface area (Å²) >= 11 is 0. The molecule has 1 aliphatic heterocycles. The van der Waals surface area contributed by atoms with Gasteiger partial charge in [-0.3, -0.25) is 4.99 Å². The number of anilines is 1. The summed E-state index contributed by atoms with van der Waals surface area (Å²) in [4.78, 5) is 6.70. The maximum Gasteiger partial charge on any atom is 0.191 e. The molecule has 2 aromatic rings. The lowest BCUT2D eigenvalue weighted by Gasteiger charge is -2.34. The minimum atomic E-state index is -0.467. The average Bonchev–Trinajstić information content (AvgIpc) is 3.47. The maximum atomic E-state index is 14.0. The summed E-state index contributed by atoms with van der Waals surface area (Å²) < 4.78 is 27.9. The van der Waals surface area contributed by atoms with E-state index in [1.807, 2.05) is 6.07 Å². The van der Waals surface area contributed by atoms with Gasteiger partial charge in [-0.15, -0.1) is 24.0 Å². The van der Waals surface area contributed by atoms with Gasteiger partial charge in [0.25, 0.3) is 0 Å². The molecule has 2 aliphatic rings. The molecule has 2 atom stereocenters. The number of guanidine groups is 1. The summed E-state index contributed by atoms with van der Waals surface area (Å²) in [7, 11) is 1.73. The van der Waals surface area contributed by atoms with Crippen LogP contribution in [0.5, 0.6) is 0 Å². The fourth-order valence-electron chi connectivity index (χ4n) is 4.00. The summed E-state index contributed by atoms with van der Waals surface area (Å²) in [5.74, 6) is -0.363. The summed E-state index contributed by atoms with van der Waals surface area (Å²) in [6.45, 7) is 1.98. The number of rotatable bonds is 4. The van der Waals surface area contributed by atoms with Crippen LogP contribution in [0.4, 0.5) is 14.5 Å². The van der Waals surface area contributed by atoms with E-state index in [-0.39, 0.29) is 41.5 Å². The number of hydrogen-bond donors (Lipinski definition) is 2. The van der Waals surface area contributed by atoms with Crippen molar-refractivity contribution in [3.05, 3.63) is 65.7 Å². The molecule has 2 N–H and O–H groups in total. The largest absolute Gasteiger partial charge is 0.371 e. The first-order valence-electron chi connectivity index (χ1n) is 9.89. The average molecular weight is 512 g/mol. The highest BCUT2D eigenvalue weighted by molar-refractivity contribution is 14.0. The molecule has 4 rings (SSSR count). The highest BCUT2D eigenvalue weighted by atomic mass is 127. The molecule has 2 aromatic carbocycles. The molecule has 29 heavy (non-hydrogen) atoms. The maximum absolute atomic E-state index is 14.0. The predicted octanol–water partition coefficient (Wildman–Crippen LogP) is 4.27. The molecule has 2 unspecified atom stereocenters. The van der Waals surface area contributed by atoms with Gasteiger partial charge in [0.15, 0.2) is 5.96 Å². The Morgan fingerprint density at radius 2 is 1.62 bits per heavy atom. The Kier molecular flexibility index (Phi) is 7.32. The molecular weight excluding hydrogens is 485 g/mol. The van der Waals surface area contributed by atoms with Crippen molar-refractivity contribution in [1.29, 1.82) is 0 Å². The minimum Gasteiger partial charge on any atom is -0.371 e. The van der Waals surface area contributed by atoms with Crippen LogP contribution in [0.3, 0.4) is 0 Å². The van der Waals surface area contributed by atoms with Crippen LogP contribution in [0.15, 0.2) is 53.5 Å². The second-order valence-corrected chi connectivity index (χ2v) is 7.54. The monoisotopic (exact) mass is 512 g/mol. The molecule has 2 fully saturated rings. The van der Waals surface area contributed by atoms with E-state index < -0.39 is 11.6 Å². The summed E-state index contributed by atoms with van der Waals surface area (Å²) in [6, 6.07) is 14.9. The van der Waals surface area contributed by atoms with Crippen molar-refractivity contribution in [2.75, 3.05) is 25.0 Å². The number of benzene rings is 2. The number of hydrogen-bond acceptors (Lipinski definition) is 2. The van der Waals surface area contributed by atoms with Crippen LogP contribution in [0.25, 0.3) is 0 Å². The van der Waals surface area contributed by atoms with Gasteiger partial charge in [0.2, 0.25) is 0 Å². The Balaban J connectivity index is 0.00000240. The molecular formula is C22H27F2IN4. The summed E-state index contributed by atoms with van der Waals surface area (Å²) in [6.07, 6.45) is 2.75. The second-order valence-electron chi connectivity index (χ2n) is 7.54. The van der Waals surface area contributed by atoms with Crippen molar-refractivity contribution in [3.63, 3.8) is 0 Å². The Morgan fingerprint density at radius 3 is 2.24 bits per heavy atom. The highest BCUT2D eigenvalue weighted by Gasteiger charge is 2.42. The number of nitrogens with zero attached hydrogens (tertiary/aromatic N) is 2. The SMILES string of the molecule is CN=C(NC1CCN(c2ccccc2)CC1)NC1CC1c1c(F)cccc1F.I. The van der Waals surface area contributed by atoms with Crippen LogP contribution < -0.4 is 15.5 Å². The predicted molar refractivity (Wildman–Crippen MR) is 124 cm³/mol. The van der Waals surface area contributed by atoms with Gasteiger partial charge in [-0.1, -0.05) is 24.3 Å². The zero-order valence-corrected chi connectivity index (χ0v) is 18.8. The van der Waals surface area contributed by atoms with Crippen LogP contribution in [-0.2, 0) is 0 Å². The quantitative estimate of drug-likeness (QED) is 0.365. The normalized spacial score (nSPS) is 22.0. The number of aliphatic imine (C=N–C) groups is 1. The first-order valence-corrected chi connectivity index (χ1v) is 9.89. The molecule has 1 heterocycles. The van der Waals surface area contributed by atoms with Crippen LogP contribution in [0, 0.1) is 11.6 Å². The van der Waals surface area contributed by atoms with Crippen LogP contribution in [0.2, 0.25) is 0 Å². The third-order valence-electron chi connectivity index (χ3n) is 5.66. The van der Waals surface area contributed by atoms with Crippen LogP contribution in [0.1, 0.15) is 30.7 Å². The molecule has 1 aliphatic carbocycles. The molecule has 0 amide bonds. The van der Waals surface area contributed by atoms with E-state index in [0.29, 0.717) is 18.4 Å². The first kappa shape index (κ1) is 21.8. The summed E-state index contributed by atoms with van der Waals surface area (Å²) in [5, 5.41) is 6.80. The third kappa shape index (κ3) is 5.18. The van der Waals surface area contributed by atoms with Gasteiger partial charge in [0, 0.05) is 49.4 Å². The minimum absolute atomic E-state index is 0. The molecule has 0 spiro atoms. The van der Waals surface area contributed by atoms with Gasteiger partial charge in [0.1, 0.15) is 11.6 Å². The van der Waals surface area contributed by atoms with Gasteiger partial charge < -0.3 is 15.5 Å². The number of para-hydroxylation sites is 1. The van der Waals surface area contributed by atoms with E-state index in [9.17, 15) is 8.78 Å². The molecule has 4 nitrogen and oxygen atoms in total. The number of piperidine rings is 1. The molecule has 0 bridgehead atoms. The molecule has 156 valence electrons. The second kappa shape index (κ2) is 9.73. The number of nitrogens with one attached hydrogen (secondary N) is 2. The lowest BCUT2D eigenvalue weighted by molar-refractivity contribution is 0.461. The fraction of sp³-hybridized carbons (Fsp3) is 0.409. The van der Waals surface area contributed by atoms with E-state index in [2.05, 4.69) is 44.8 Å². The van der Waals surface area contributed by atoms with E-state index in [1.165, 1.54) is 23.9 Å². The zero-order chi connectivity index (χ0) is 19.5. The lowest BCUT2D eigenvalue weighted by atomic mass is 10.0. The molecule has 1 saturated carbocycles. The van der Waals surface area contributed by atoms with Crippen molar-refractivity contribution in [2.24, 2.45) is 4.99 Å². The van der Waals surface area contributed by atoms with E-state index in [1.54, 1.807) is 7.05 Å². The van der Waals surface area contributed by atoms with E-state index in [4.69, 9.17) is 0 Å². The van der Waals surface area contributed by atoms with Crippen molar-refractivity contribution in [1.82, 2.24) is 10.6 Å². The Morgan fingerprint density at radius 1 is 0.966 bits per heavy atom. The van der Waals surface area contributed by atoms with Crippen LogP contribution in [-0.4, -0.2) is 38.2 Å². The van der Waals surface area contributed by atoms with Crippen molar-refractivity contribution < 1.29 is 8.78 Å². The smallest absolute Gasteiger partial charge is 0.191 e. The zero-order valence-electron chi connectivity index (χ0n) is 16.4. The van der Waals surface area contributed by atoms with E-state index >= 15 is 0 Å². The topological polar surface area (TPSA) is 39.7 Å². The van der Waals surface area contributed by atoms with Crippen molar-refractivity contribution in [2.45, 2.75) is 37.3 Å². The Bertz CT molecular complexity index is 818. The molecule has 7 heteroatoms. The van der Waals surface area contributed by atoms with Crippen molar-refractivity contribution in [3.8, 4) is 0 Å². The number of halogens is 3. The molecule has 0 radical (unpaired) electrons. The highest BCUT2D eigenvalue weighted by Crippen LogP contribution is 2.43. The third-order valence-corrected chi connectivity index (χ3v) is 5.66.